The summed E-state index contributed by atoms with van der Waals surface area (Å²) in [6.07, 6.45) is 0. The van der Waals surface area contributed by atoms with Crippen molar-refractivity contribution in [2.24, 2.45) is 0 Å². The SMILES string of the molecule is COc1ccc(N2C(=O)C(=C3C(=O)N(Cc4ccc(C)cc4)c4ccccc43)SC2=S)cc1. The predicted molar refractivity (Wildman–Crippen MR) is 136 cm³/mol. The van der Waals surface area contributed by atoms with E-state index >= 15 is 0 Å². The zero-order valence-corrected chi connectivity index (χ0v) is 19.7. The largest absolute Gasteiger partial charge is 0.497 e. The molecule has 3 aromatic rings. The minimum atomic E-state index is -0.287. The summed E-state index contributed by atoms with van der Waals surface area (Å²) in [7, 11) is 1.59. The number of fused-ring (bicyclic) bond motifs is 1. The number of carbonyl (C=O) groups is 2. The Morgan fingerprint density at radius 2 is 1.61 bits per heavy atom. The van der Waals surface area contributed by atoms with Gasteiger partial charge in [0.2, 0.25) is 0 Å². The molecule has 2 amide bonds. The van der Waals surface area contributed by atoms with Crippen LogP contribution in [0.2, 0.25) is 0 Å². The van der Waals surface area contributed by atoms with Crippen molar-refractivity contribution in [2.75, 3.05) is 16.9 Å². The molecule has 0 saturated carbocycles. The number of thioether (sulfide) groups is 1. The van der Waals surface area contributed by atoms with Crippen molar-refractivity contribution in [2.45, 2.75) is 13.5 Å². The summed E-state index contributed by atoms with van der Waals surface area (Å²) in [5.41, 5.74) is 4.79. The summed E-state index contributed by atoms with van der Waals surface area (Å²) >= 11 is 6.71. The first-order valence-electron chi connectivity index (χ1n) is 10.4. The maximum absolute atomic E-state index is 13.6. The first-order valence-corrected chi connectivity index (χ1v) is 11.6. The van der Waals surface area contributed by atoms with Gasteiger partial charge in [0.1, 0.15) is 5.75 Å². The second-order valence-corrected chi connectivity index (χ2v) is 9.45. The van der Waals surface area contributed by atoms with Gasteiger partial charge >= 0.3 is 0 Å². The second kappa shape index (κ2) is 8.50. The van der Waals surface area contributed by atoms with E-state index in [1.54, 1.807) is 36.3 Å². The highest BCUT2D eigenvalue weighted by atomic mass is 32.2. The number of ether oxygens (including phenoxy) is 1. The topological polar surface area (TPSA) is 49.9 Å². The number of aryl methyl sites for hydroxylation is 1. The molecule has 0 aromatic heterocycles. The van der Waals surface area contributed by atoms with E-state index in [4.69, 9.17) is 17.0 Å². The van der Waals surface area contributed by atoms with Crippen molar-refractivity contribution in [3.8, 4) is 5.75 Å². The van der Waals surface area contributed by atoms with Crippen molar-refractivity contribution < 1.29 is 14.3 Å². The van der Waals surface area contributed by atoms with E-state index in [0.717, 1.165) is 22.4 Å². The highest BCUT2D eigenvalue weighted by molar-refractivity contribution is 8.27. The van der Waals surface area contributed by atoms with Gasteiger partial charge in [-0.25, -0.2) is 0 Å². The lowest BCUT2D eigenvalue weighted by molar-refractivity contribution is -0.115. The number of hydrogen-bond acceptors (Lipinski definition) is 5. The Bertz CT molecular complexity index is 1310. The maximum atomic E-state index is 13.6. The quantitative estimate of drug-likeness (QED) is 0.380. The molecule has 5 nitrogen and oxygen atoms in total. The molecule has 0 bridgehead atoms. The van der Waals surface area contributed by atoms with E-state index in [9.17, 15) is 9.59 Å². The number of carbonyl (C=O) groups excluding carboxylic acids is 2. The zero-order valence-electron chi connectivity index (χ0n) is 18.1. The minimum Gasteiger partial charge on any atom is -0.497 e. The Labute approximate surface area is 201 Å². The molecule has 5 rings (SSSR count). The molecule has 1 saturated heterocycles. The summed E-state index contributed by atoms with van der Waals surface area (Å²) in [5.74, 6) is 0.215. The number of hydrogen-bond donors (Lipinski definition) is 0. The lowest BCUT2D eigenvalue weighted by atomic mass is 10.1. The average Bonchev–Trinajstić information content (AvgIpc) is 3.27. The normalized spacial score (nSPS) is 17.7. The fourth-order valence-electron chi connectivity index (χ4n) is 4.01. The van der Waals surface area contributed by atoms with Crippen molar-refractivity contribution >= 4 is 57.1 Å². The molecule has 2 aliphatic rings. The first kappa shape index (κ1) is 21.4. The number of thiocarbonyl (C=S) groups is 1. The number of amides is 2. The van der Waals surface area contributed by atoms with Crippen LogP contribution in [0.15, 0.2) is 77.7 Å². The van der Waals surface area contributed by atoms with Gasteiger partial charge in [0.15, 0.2) is 4.32 Å². The molecule has 164 valence electrons. The number of rotatable bonds is 4. The van der Waals surface area contributed by atoms with E-state index in [1.807, 2.05) is 55.5 Å². The Morgan fingerprint density at radius 1 is 0.909 bits per heavy atom. The summed E-state index contributed by atoms with van der Waals surface area (Å²) in [6, 6.07) is 22.8. The van der Waals surface area contributed by atoms with Crippen LogP contribution in [-0.2, 0) is 16.1 Å². The third kappa shape index (κ3) is 3.73. The lowest BCUT2D eigenvalue weighted by Gasteiger charge is -2.17. The summed E-state index contributed by atoms with van der Waals surface area (Å²) < 4.78 is 5.61. The van der Waals surface area contributed by atoms with E-state index in [0.29, 0.717) is 32.8 Å². The van der Waals surface area contributed by atoms with Crippen molar-refractivity contribution in [1.82, 2.24) is 0 Å². The molecule has 0 spiro atoms. The van der Waals surface area contributed by atoms with Crippen LogP contribution in [0.1, 0.15) is 16.7 Å². The van der Waals surface area contributed by atoms with Gasteiger partial charge in [0.25, 0.3) is 11.8 Å². The summed E-state index contributed by atoms with van der Waals surface area (Å²) in [4.78, 5) is 30.7. The van der Waals surface area contributed by atoms with Gasteiger partial charge < -0.3 is 9.64 Å². The highest BCUT2D eigenvalue weighted by Gasteiger charge is 2.42. The van der Waals surface area contributed by atoms with Crippen LogP contribution >= 0.6 is 24.0 Å². The van der Waals surface area contributed by atoms with Crippen LogP contribution < -0.4 is 14.5 Å². The molecule has 0 aliphatic carbocycles. The molecular weight excluding hydrogens is 452 g/mol. The second-order valence-electron chi connectivity index (χ2n) is 7.80. The molecule has 2 heterocycles. The molecule has 0 unspecified atom stereocenters. The Morgan fingerprint density at radius 3 is 2.30 bits per heavy atom. The van der Waals surface area contributed by atoms with E-state index in [-0.39, 0.29) is 11.8 Å². The van der Waals surface area contributed by atoms with Gasteiger partial charge in [-0.1, -0.05) is 72.0 Å². The standard InChI is InChI=1S/C26H20N2O3S2/c1-16-7-9-17(10-8-16)15-27-21-6-4-3-5-20(21)22(24(27)29)23-25(30)28(26(32)33-23)18-11-13-19(31-2)14-12-18/h3-14H,15H2,1-2H3. The number of anilines is 2. The fourth-order valence-corrected chi connectivity index (χ4v) is 5.38. The lowest BCUT2D eigenvalue weighted by Crippen LogP contribution is -2.29. The van der Waals surface area contributed by atoms with E-state index in [1.165, 1.54) is 16.7 Å². The Kier molecular flexibility index (Phi) is 5.52. The first-order chi connectivity index (χ1) is 16.0. The van der Waals surface area contributed by atoms with Crippen LogP contribution in [0.4, 0.5) is 11.4 Å². The minimum absolute atomic E-state index is 0.188. The molecule has 0 N–H and O–H groups in total. The molecular formula is C26H20N2O3S2. The average molecular weight is 473 g/mol. The van der Waals surface area contributed by atoms with Crippen LogP contribution in [-0.4, -0.2) is 23.2 Å². The van der Waals surface area contributed by atoms with Crippen LogP contribution in [0, 0.1) is 6.92 Å². The maximum Gasteiger partial charge on any atom is 0.271 e. The van der Waals surface area contributed by atoms with Gasteiger partial charge in [-0.05, 0) is 42.8 Å². The van der Waals surface area contributed by atoms with E-state index in [2.05, 4.69) is 0 Å². The smallest absolute Gasteiger partial charge is 0.271 e. The Balaban J connectivity index is 1.54. The van der Waals surface area contributed by atoms with Crippen LogP contribution in [0.5, 0.6) is 5.75 Å². The van der Waals surface area contributed by atoms with Gasteiger partial charge in [-0.3, -0.25) is 14.5 Å². The fraction of sp³-hybridized carbons (Fsp3) is 0.115. The van der Waals surface area contributed by atoms with Crippen molar-refractivity contribution in [3.05, 3.63) is 94.4 Å². The van der Waals surface area contributed by atoms with Crippen molar-refractivity contribution in [1.29, 1.82) is 0 Å². The highest BCUT2D eigenvalue weighted by Crippen LogP contribution is 2.46. The molecule has 0 atom stereocenters. The van der Waals surface area contributed by atoms with Gasteiger partial charge in [-0.15, -0.1) is 0 Å². The number of nitrogens with zero attached hydrogens (tertiary/aromatic N) is 2. The van der Waals surface area contributed by atoms with Gasteiger partial charge in [0, 0.05) is 5.56 Å². The summed E-state index contributed by atoms with van der Waals surface area (Å²) in [6.45, 7) is 2.46. The van der Waals surface area contributed by atoms with Gasteiger partial charge in [-0.2, -0.15) is 0 Å². The molecule has 2 aliphatic heterocycles. The Hall–Kier alpha value is -3.42. The molecule has 1 fully saturated rings. The number of benzene rings is 3. The third-order valence-corrected chi connectivity index (χ3v) is 7.08. The van der Waals surface area contributed by atoms with Crippen LogP contribution in [0.3, 0.4) is 0 Å². The van der Waals surface area contributed by atoms with Gasteiger partial charge in [0.05, 0.1) is 35.5 Å². The van der Waals surface area contributed by atoms with Crippen LogP contribution in [0.25, 0.3) is 5.57 Å². The zero-order chi connectivity index (χ0) is 23.1. The number of para-hydroxylation sites is 1. The molecule has 0 radical (unpaired) electrons. The number of methoxy groups -OCH3 is 1. The van der Waals surface area contributed by atoms with E-state index < -0.39 is 0 Å². The molecule has 7 heteroatoms. The third-order valence-electron chi connectivity index (χ3n) is 5.71. The monoisotopic (exact) mass is 472 g/mol. The molecule has 33 heavy (non-hydrogen) atoms. The summed E-state index contributed by atoms with van der Waals surface area (Å²) in [5, 5.41) is 0. The predicted octanol–water partition coefficient (Wildman–Crippen LogP) is 5.33. The van der Waals surface area contributed by atoms with Crippen molar-refractivity contribution in [3.63, 3.8) is 0 Å². The molecule has 3 aromatic carbocycles.